The molecule has 0 saturated heterocycles. The molecule has 0 aliphatic carbocycles. The van der Waals surface area contributed by atoms with Crippen molar-refractivity contribution >= 4 is 27.3 Å². The molecule has 5 rings (SSSR count). The summed E-state index contributed by atoms with van der Waals surface area (Å²) in [5, 5.41) is 15.9. The molecule has 0 spiro atoms. The minimum atomic E-state index is -3.86. The van der Waals surface area contributed by atoms with E-state index in [0.717, 1.165) is 0 Å². The Kier molecular flexibility index (Phi) is 11.0. The van der Waals surface area contributed by atoms with Crippen LogP contribution in [0.25, 0.3) is 10.4 Å². The van der Waals surface area contributed by atoms with Crippen LogP contribution in [0, 0.1) is 0 Å². The summed E-state index contributed by atoms with van der Waals surface area (Å²) in [6, 6.07) is 28.7. The van der Waals surface area contributed by atoms with Crippen molar-refractivity contribution in [3.63, 3.8) is 0 Å². The van der Waals surface area contributed by atoms with Crippen LogP contribution < -0.4 is 14.8 Å². The number of rotatable bonds is 15. The van der Waals surface area contributed by atoms with Crippen LogP contribution in [0.4, 0.5) is 5.69 Å². The molecule has 4 aromatic carbocycles. The highest BCUT2D eigenvalue weighted by Crippen LogP contribution is 2.46. The van der Waals surface area contributed by atoms with Crippen LogP contribution in [0.3, 0.4) is 0 Å². The number of sulfone groups is 1. The molecule has 2 atom stereocenters. The third-order valence-corrected chi connectivity index (χ3v) is 9.62. The average molecular weight is 670 g/mol. The highest BCUT2D eigenvalue weighted by atomic mass is 32.2. The zero-order valence-corrected chi connectivity index (χ0v) is 27.0. The summed E-state index contributed by atoms with van der Waals surface area (Å²) in [4.78, 5) is 22.5. The summed E-state index contributed by atoms with van der Waals surface area (Å²) < 4.78 is 44.8. The number of para-hydroxylation sites is 1. The monoisotopic (exact) mass is 669 g/mol. The highest BCUT2D eigenvalue weighted by molar-refractivity contribution is 7.91. The summed E-state index contributed by atoms with van der Waals surface area (Å²) in [6.07, 6.45) is -0.955. The summed E-state index contributed by atoms with van der Waals surface area (Å²) in [7, 11) is -2.33. The van der Waals surface area contributed by atoms with E-state index in [1.807, 2.05) is 18.2 Å². The van der Waals surface area contributed by atoms with E-state index in [1.54, 1.807) is 72.8 Å². The second-order valence-corrected chi connectivity index (χ2v) is 13.0. The number of ether oxygens (including phenoxy) is 3. The van der Waals surface area contributed by atoms with E-state index in [2.05, 4.69) is 15.3 Å². The molecule has 0 aromatic heterocycles. The molecule has 48 heavy (non-hydrogen) atoms. The summed E-state index contributed by atoms with van der Waals surface area (Å²) in [6.45, 7) is 0.394. The van der Waals surface area contributed by atoms with Gasteiger partial charge in [0.05, 0.1) is 24.4 Å². The average Bonchev–Trinajstić information content (AvgIpc) is 3.52. The standard InChI is InChI=1S/C35H35N5O7S/c1-45-31-15-8-5-10-26(31)24-37-34(42)35(20-23-48(43,44)28-11-3-2-4-12-28)32(29-13-6-7-14-30(29)39-40-36)47-33(38-35)25-16-18-27(19-17-25)46-22-9-21-41/h2-8,10-19,32,41H,9,20-24H2,1H3,(H,37,42)/t32-,35-/m1/s1. The Balaban J connectivity index is 1.60. The maximum absolute atomic E-state index is 14.5. The van der Waals surface area contributed by atoms with Crippen LogP contribution in [-0.2, 0) is 25.9 Å². The first kappa shape index (κ1) is 34.0. The topological polar surface area (TPSA) is 172 Å². The van der Waals surface area contributed by atoms with Gasteiger partial charge in [-0.1, -0.05) is 65.8 Å². The van der Waals surface area contributed by atoms with Crippen LogP contribution in [0.15, 0.2) is 118 Å². The normalized spacial score (nSPS) is 17.0. The lowest BCUT2D eigenvalue weighted by molar-refractivity contribution is -0.129. The lowest BCUT2D eigenvalue weighted by Crippen LogP contribution is -2.49. The molecular formula is C35H35N5O7S. The molecule has 1 aliphatic heterocycles. The molecule has 1 aliphatic rings. The first-order valence-electron chi connectivity index (χ1n) is 15.2. The fourth-order valence-corrected chi connectivity index (χ4v) is 6.80. The Morgan fingerprint density at radius 3 is 2.46 bits per heavy atom. The van der Waals surface area contributed by atoms with Crippen LogP contribution >= 0.6 is 0 Å². The van der Waals surface area contributed by atoms with Gasteiger partial charge in [0.25, 0.3) is 5.91 Å². The van der Waals surface area contributed by atoms with Gasteiger partial charge in [-0.2, -0.15) is 0 Å². The third-order valence-electron chi connectivity index (χ3n) is 7.89. The largest absolute Gasteiger partial charge is 0.496 e. The smallest absolute Gasteiger partial charge is 0.252 e. The predicted molar refractivity (Wildman–Crippen MR) is 180 cm³/mol. The van der Waals surface area contributed by atoms with Crippen molar-refractivity contribution in [3.8, 4) is 11.5 Å². The first-order chi connectivity index (χ1) is 23.3. The lowest BCUT2D eigenvalue weighted by Gasteiger charge is -2.31. The van der Waals surface area contributed by atoms with Crippen molar-refractivity contribution in [1.29, 1.82) is 0 Å². The second kappa shape index (κ2) is 15.5. The first-order valence-corrected chi connectivity index (χ1v) is 16.9. The molecule has 0 radical (unpaired) electrons. The van der Waals surface area contributed by atoms with Gasteiger partial charge in [0.15, 0.2) is 21.5 Å². The van der Waals surface area contributed by atoms with Crippen LogP contribution in [-0.4, -0.2) is 56.9 Å². The van der Waals surface area contributed by atoms with E-state index in [4.69, 9.17) is 24.3 Å². The number of azide groups is 1. The van der Waals surface area contributed by atoms with Gasteiger partial charge < -0.3 is 24.6 Å². The SMILES string of the molecule is COc1ccccc1CNC(=O)[C@]1(CCS(=O)(=O)c2ccccc2)N=C(c2ccc(OCCCO)cc2)O[C@@H]1c1ccccc1N=[N+]=[N-]. The van der Waals surface area contributed by atoms with Crippen molar-refractivity contribution in [2.75, 3.05) is 26.1 Å². The number of carbonyl (C=O) groups is 1. The molecule has 2 N–H and O–H groups in total. The quantitative estimate of drug-likeness (QED) is 0.0693. The lowest BCUT2D eigenvalue weighted by atomic mass is 9.84. The van der Waals surface area contributed by atoms with Gasteiger partial charge in [0.1, 0.15) is 11.5 Å². The van der Waals surface area contributed by atoms with Gasteiger partial charge >= 0.3 is 0 Å². The van der Waals surface area contributed by atoms with E-state index in [1.165, 1.54) is 19.2 Å². The fraction of sp³-hybridized carbons (Fsp3) is 0.257. The van der Waals surface area contributed by atoms with Gasteiger partial charge in [-0.05, 0) is 48.0 Å². The van der Waals surface area contributed by atoms with Gasteiger partial charge in [-0.15, -0.1) is 0 Å². The predicted octanol–water partition coefficient (Wildman–Crippen LogP) is 5.84. The van der Waals surface area contributed by atoms with Crippen molar-refractivity contribution in [2.45, 2.75) is 35.9 Å². The second-order valence-electron chi connectivity index (χ2n) is 10.9. The number of benzene rings is 4. The number of aliphatic hydroxyl groups excluding tert-OH is 1. The number of nitrogens with zero attached hydrogens (tertiary/aromatic N) is 4. The number of hydrogen-bond acceptors (Lipinski definition) is 9. The third kappa shape index (κ3) is 7.60. The molecule has 0 bridgehead atoms. The van der Waals surface area contributed by atoms with Crippen LogP contribution in [0.1, 0.15) is 35.6 Å². The Hall–Kier alpha value is -5.36. The summed E-state index contributed by atoms with van der Waals surface area (Å²) in [5.41, 5.74) is 9.33. The van der Waals surface area contributed by atoms with E-state index >= 15 is 0 Å². The Bertz CT molecular complexity index is 1910. The van der Waals surface area contributed by atoms with Gasteiger partial charge in [-0.3, -0.25) is 4.79 Å². The Morgan fingerprint density at radius 2 is 1.73 bits per heavy atom. The molecule has 13 heteroatoms. The zero-order chi connectivity index (χ0) is 34.0. The minimum absolute atomic E-state index is 0.00261. The van der Waals surface area contributed by atoms with Gasteiger partial charge in [0.2, 0.25) is 5.90 Å². The van der Waals surface area contributed by atoms with Crippen molar-refractivity contribution in [2.24, 2.45) is 10.1 Å². The minimum Gasteiger partial charge on any atom is -0.496 e. The number of aliphatic hydroxyl groups is 1. The number of carbonyl (C=O) groups excluding carboxylic acids is 1. The van der Waals surface area contributed by atoms with Crippen molar-refractivity contribution in [1.82, 2.24) is 5.32 Å². The van der Waals surface area contributed by atoms with E-state index < -0.39 is 33.1 Å². The molecule has 0 unspecified atom stereocenters. The molecule has 1 heterocycles. The summed E-state index contributed by atoms with van der Waals surface area (Å²) in [5.74, 6) is 0.207. The zero-order valence-electron chi connectivity index (χ0n) is 26.2. The maximum atomic E-state index is 14.5. The van der Waals surface area contributed by atoms with Crippen molar-refractivity contribution < 1.29 is 32.5 Å². The number of hydrogen-bond donors (Lipinski definition) is 2. The van der Waals surface area contributed by atoms with E-state index in [0.29, 0.717) is 41.2 Å². The molecule has 248 valence electrons. The molecule has 0 fully saturated rings. The van der Waals surface area contributed by atoms with Crippen molar-refractivity contribution in [3.05, 3.63) is 130 Å². The molecular weight excluding hydrogens is 634 g/mol. The van der Waals surface area contributed by atoms with Gasteiger partial charge in [-0.25, -0.2) is 13.4 Å². The van der Waals surface area contributed by atoms with Crippen LogP contribution in [0.2, 0.25) is 0 Å². The Labute approximate surface area is 278 Å². The van der Waals surface area contributed by atoms with E-state index in [9.17, 15) is 18.7 Å². The number of amides is 1. The highest BCUT2D eigenvalue weighted by Gasteiger charge is 2.54. The molecule has 0 saturated carbocycles. The number of nitrogens with one attached hydrogen (secondary N) is 1. The maximum Gasteiger partial charge on any atom is 0.252 e. The van der Waals surface area contributed by atoms with Gasteiger partial charge in [0, 0.05) is 53.3 Å². The van der Waals surface area contributed by atoms with E-state index in [-0.39, 0.29) is 36.1 Å². The number of methoxy groups -OCH3 is 1. The fourth-order valence-electron chi connectivity index (χ4n) is 5.41. The Morgan fingerprint density at radius 1 is 1.02 bits per heavy atom. The molecule has 12 nitrogen and oxygen atoms in total. The van der Waals surface area contributed by atoms with Crippen LogP contribution in [0.5, 0.6) is 11.5 Å². The molecule has 1 amide bonds. The summed E-state index contributed by atoms with van der Waals surface area (Å²) >= 11 is 0. The number of aliphatic imine (C=N–C) groups is 1. The molecule has 4 aromatic rings.